The monoisotopic (exact) mass is 323 g/mol. The zero-order valence-electron chi connectivity index (χ0n) is 10.0. The van der Waals surface area contributed by atoms with Crippen LogP contribution in [-0.2, 0) is 0 Å². The summed E-state index contributed by atoms with van der Waals surface area (Å²) >= 11 is 5.17. The van der Waals surface area contributed by atoms with Gasteiger partial charge < -0.3 is 5.11 Å². The Morgan fingerprint density at radius 3 is 2.67 bits per heavy atom. The molecule has 1 N–H and O–H groups in total. The molecule has 2 nitrogen and oxygen atoms in total. The van der Waals surface area contributed by atoms with Crippen LogP contribution in [0.3, 0.4) is 0 Å². The van der Waals surface area contributed by atoms with Crippen molar-refractivity contribution in [2.45, 2.75) is 29.2 Å². The smallest absolute Gasteiger partial charge is 0.0957 e. The summed E-state index contributed by atoms with van der Waals surface area (Å²) in [5, 5.41) is 9.68. The Morgan fingerprint density at radius 1 is 1.28 bits per heavy atom. The highest BCUT2D eigenvalue weighted by molar-refractivity contribution is 9.10. The van der Waals surface area contributed by atoms with Crippen molar-refractivity contribution in [3.63, 3.8) is 0 Å². The van der Waals surface area contributed by atoms with Gasteiger partial charge in [0.2, 0.25) is 0 Å². The number of halogens is 1. The average molecular weight is 324 g/mol. The van der Waals surface area contributed by atoms with Crippen LogP contribution in [0.2, 0.25) is 0 Å². The third kappa shape index (κ3) is 3.34. The van der Waals surface area contributed by atoms with E-state index in [0.29, 0.717) is 6.42 Å². The molecule has 4 heteroatoms. The van der Waals surface area contributed by atoms with Crippen molar-refractivity contribution in [1.29, 1.82) is 0 Å². The predicted octanol–water partition coefficient (Wildman–Crippen LogP) is 4.44. The molecule has 94 valence electrons. The highest BCUT2D eigenvalue weighted by atomic mass is 79.9. The van der Waals surface area contributed by atoms with Crippen molar-refractivity contribution >= 4 is 27.7 Å². The fourth-order valence-electron chi connectivity index (χ4n) is 1.51. The molecule has 1 aromatic carbocycles. The summed E-state index contributed by atoms with van der Waals surface area (Å²) in [6, 6.07) is 12.0. The van der Waals surface area contributed by atoms with Crippen LogP contribution in [-0.4, -0.2) is 10.1 Å². The van der Waals surface area contributed by atoms with E-state index in [4.69, 9.17) is 0 Å². The molecule has 18 heavy (non-hydrogen) atoms. The van der Waals surface area contributed by atoms with Crippen LogP contribution in [0.15, 0.2) is 56.9 Å². The lowest BCUT2D eigenvalue weighted by Gasteiger charge is -2.08. The second kappa shape index (κ2) is 6.36. The standard InChI is InChI=1S/C14H14BrNOS/c1-2-13(17)12-8-7-10(9-16-12)18-14-6-4-3-5-11(14)15/h3-9,13,17H,2H2,1H3/t13-/m0/s1. The van der Waals surface area contributed by atoms with Crippen molar-refractivity contribution < 1.29 is 5.11 Å². The van der Waals surface area contributed by atoms with Gasteiger partial charge in [-0.1, -0.05) is 30.8 Å². The van der Waals surface area contributed by atoms with Gasteiger partial charge in [-0.25, -0.2) is 0 Å². The first-order valence-electron chi connectivity index (χ1n) is 5.77. The highest BCUT2D eigenvalue weighted by Crippen LogP contribution is 2.33. The molecular formula is C14H14BrNOS. The number of nitrogens with zero attached hydrogens (tertiary/aromatic N) is 1. The van der Waals surface area contributed by atoms with Crippen molar-refractivity contribution in [3.8, 4) is 0 Å². The number of pyridine rings is 1. The van der Waals surface area contributed by atoms with E-state index in [1.165, 1.54) is 0 Å². The molecule has 0 aliphatic heterocycles. The topological polar surface area (TPSA) is 33.1 Å². The lowest BCUT2D eigenvalue weighted by Crippen LogP contribution is -1.97. The van der Waals surface area contributed by atoms with Crippen molar-refractivity contribution in [2.24, 2.45) is 0 Å². The van der Waals surface area contributed by atoms with Gasteiger partial charge in [0.1, 0.15) is 0 Å². The number of aliphatic hydroxyl groups is 1. The molecule has 1 atom stereocenters. The minimum Gasteiger partial charge on any atom is -0.387 e. The molecule has 0 radical (unpaired) electrons. The minimum absolute atomic E-state index is 0.465. The quantitative estimate of drug-likeness (QED) is 0.903. The molecule has 2 rings (SSSR count). The molecule has 0 saturated heterocycles. The molecule has 0 aliphatic carbocycles. The molecule has 0 unspecified atom stereocenters. The van der Waals surface area contributed by atoms with Crippen LogP contribution in [0, 0.1) is 0 Å². The molecule has 0 bridgehead atoms. The van der Waals surface area contributed by atoms with Crippen LogP contribution in [0.4, 0.5) is 0 Å². The summed E-state index contributed by atoms with van der Waals surface area (Å²) in [5.41, 5.74) is 0.731. The van der Waals surface area contributed by atoms with E-state index in [2.05, 4.69) is 27.0 Å². The normalized spacial score (nSPS) is 12.4. The minimum atomic E-state index is -0.465. The average Bonchev–Trinajstić information content (AvgIpc) is 2.41. The Balaban J connectivity index is 2.14. The Labute approximate surface area is 120 Å². The van der Waals surface area contributed by atoms with Crippen LogP contribution in [0.25, 0.3) is 0 Å². The van der Waals surface area contributed by atoms with Gasteiger partial charge >= 0.3 is 0 Å². The number of hydrogen-bond acceptors (Lipinski definition) is 3. The summed E-state index contributed by atoms with van der Waals surface area (Å²) in [4.78, 5) is 6.51. The van der Waals surface area contributed by atoms with Gasteiger partial charge in [0, 0.05) is 20.5 Å². The van der Waals surface area contributed by atoms with E-state index in [0.717, 1.165) is 20.0 Å². The predicted molar refractivity (Wildman–Crippen MR) is 77.8 cm³/mol. The summed E-state index contributed by atoms with van der Waals surface area (Å²) in [6.07, 6.45) is 2.02. The summed E-state index contributed by atoms with van der Waals surface area (Å²) in [5.74, 6) is 0. The summed E-state index contributed by atoms with van der Waals surface area (Å²) in [6.45, 7) is 1.94. The maximum absolute atomic E-state index is 9.68. The first-order chi connectivity index (χ1) is 8.70. The van der Waals surface area contributed by atoms with Gasteiger partial charge in [0.15, 0.2) is 0 Å². The molecule has 0 spiro atoms. The SMILES string of the molecule is CC[C@H](O)c1ccc(Sc2ccccc2Br)cn1. The van der Waals surface area contributed by atoms with E-state index in [1.54, 1.807) is 18.0 Å². The first-order valence-corrected chi connectivity index (χ1v) is 7.38. The zero-order valence-corrected chi connectivity index (χ0v) is 12.4. The van der Waals surface area contributed by atoms with E-state index in [1.807, 2.05) is 37.3 Å². The van der Waals surface area contributed by atoms with E-state index in [-0.39, 0.29) is 0 Å². The Hall–Kier alpha value is -0.840. The number of aromatic nitrogens is 1. The maximum Gasteiger partial charge on any atom is 0.0957 e. The second-order valence-electron chi connectivity index (χ2n) is 3.88. The van der Waals surface area contributed by atoms with Crippen LogP contribution < -0.4 is 0 Å². The molecule has 0 amide bonds. The van der Waals surface area contributed by atoms with Crippen LogP contribution in [0.1, 0.15) is 25.1 Å². The van der Waals surface area contributed by atoms with E-state index >= 15 is 0 Å². The Kier molecular flexibility index (Phi) is 4.80. The molecule has 0 saturated carbocycles. The van der Waals surface area contributed by atoms with Gasteiger partial charge in [-0.3, -0.25) is 4.98 Å². The second-order valence-corrected chi connectivity index (χ2v) is 5.84. The van der Waals surface area contributed by atoms with Crippen LogP contribution in [0.5, 0.6) is 0 Å². The lowest BCUT2D eigenvalue weighted by molar-refractivity contribution is 0.169. The molecule has 0 fully saturated rings. The molecule has 2 aromatic rings. The Bertz CT molecular complexity index is 515. The van der Waals surface area contributed by atoms with E-state index < -0.39 is 6.10 Å². The van der Waals surface area contributed by atoms with Gasteiger partial charge in [-0.2, -0.15) is 0 Å². The lowest BCUT2D eigenvalue weighted by atomic mass is 10.2. The third-order valence-electron chi connectivity index (χ3n) is 2.55. The largest absolute Gasteiger partial charge is 0.387 e. The van der Waals surface area contributed by atoms with Crippen molar-refractivity contribution in [1.82, 2.24) is 4.98 Å². The fourth-order valence-corrected chi connectivity index (χ4v) is 2.85. The van der Waals surface area contributed by atoms with Gasteiger partial charge in [0.05, 0.1) is 11.8 Å². The summed E-state index contributed by atoms with van der Waals surface area (Å²) < 4.78 is 1.08. The molecular weight excluding hydrogens is 310 g/mol. The third-order valence-corrected chi connectivity index (χ3v) is 4.56. The highest BCUT2D eigenvalue weighted by Gasteiger charge is 2.07. The zero-order chi connectivity index (χ0) is 13.0. The number of hydrogen-bond donors (Lipinski definition) is 1. The number of aliphatic hydroxyl groups excluding tert-OH is 1. The van der Waals surface area contributed by atoms with Gasteiger partial charge in [-0.05, 0) is 46.6 Å². The maximum atomic E-state index is 9.68. The number of benzene rings is 1. The number of rotatable bonds is 4. The first kappa shape index (κ1) is 13.6. The van der Waals surface area contributed by atoms with Crippen molar-refractivity contribution in [2.75, 3.05) is 0 Å². The summed E-state index contributed by atoms with van der Waals surface area (Å²) in [7, 11) is 0. The fraction of sp³-hybridized carbons (Fsp3) is 0.214. The van der Waals surface area contributed by atoms with Crippen LogP contribution >= 0.6 is 27.7 Å². The van der Waals surface area contributed by atoms with E-state index in [9.17, 15) is 5.11 Å². The molecule has 1 heterocycles. The molecule has 1 aromatic heterocycles. The Morgan fingerprint density at radius 2 is 2.06 bits per heavy atom. The van der Waals surface area contributed by atoms with Gasteiger partial charge in [0.25, 0.3) is 0 Å². The molecule has 0 aliphatic rings. The van der Waals surface area contributed by atoms with Crippen molar-refractivity contribution in [3.05, 3.63) is 52.8 Å². The van der Waals surface area contributed by atoms with Gasteiger partial charge in [-0.15, -0.1) is 0 Å².